The van der Waals surface area contributed by atoms with Crippen molar-refractivity contribution in [3.63, 3.8) is 0 Å². The zero-order valence-corrected chi connectivity index (χ0v) is 10.4. The van der Waals surface area contributed by atoms with Crippen LogP contribution in [0.25, 0.3) is 10.8 Å². The molecular weight excluding hydrogens is 252 g/mol. The summed E-state index contributed by atoms with van der Waals surface area (Å²) in [6.07, 6.45) is 0.881. The number of benzene rings is 2. The van der Waals surface area contributed by atoms with Crippen molar-refractivity contribution in [3.05, 3.63) is 46.4 Å². The lowest BCUT2D eigenvalue weighted by Gasteiger charge is -2.01. The Morgan fingerprint density at radius 1 is 1.07 bits per heavy atom. The van der Waals surface area contributed by atoms with E-state index in [1.165, 1.54) is 0 Å². The van der Waals surface area contributed by atoms with Crippen LogP contribution in [-0.2, 0) is 0 Å². The number of carbonyl (C=O) groups excluding carboxylic acids is 1. The smallest absolute Gasteiger partial charge is 0.151 e. The molecule has 0 aliphatic rings. The minimum Gasteiger partial charge on any atom is -0.298 e. The molecule has 1 nitrogen and oxygen atoms in total. The first-order chi connectivity index (χ1) is 7.33. The van der Waals surface area contributed by atoms with Crippen LogP contribution in [0, 0.1) is 0 Å². The lowest BCUT2D eigenvalue weighted by Crippen LogP contribution is -1.84. The Labute approximate surface area is 98.2 Å². The molecule has 0 bridgehead atoms. The van der Waals surface area contributed by atoms with Crippen molar-refractivity contribution in [1.82, 2.24) is 0 Å². The number of carbonyl (C=O) groups is 1. The molecule has 0 aromatic heterocycles. The van der Waals surface area contributed by atoms with Crippen molar-refractivity contribution in [2.45, 2.75) is 13.8 Å². The zero-order chi connectivity index (χ0) is 11.3. The summed E-state index contributed by atoms with van der Waals surface area (Å²) in [6.45, 7) is 4.00. The van der Waals surface area contributed by atoms with Crippen LogP contribution in [0.15, 0.2) is 40.9 Å². The third kappa shape index (κ3) is 2.45. The van der Waals surface area contributed by atoms with Crippen molar-refractivity contribution in [1.29, 1.82) is 0 Å². The third-order valence-electron chi connectivity index (χ3n) is 2.04. The Hall–Kier alpha value is -1.15. The molecule has 0 saturated carbocycles. The summed E-state index contributed by atoms with van der Waals surface area (Å²) < 4.78 is 0.848. The fourth-order valence-corrected chi connectivity index (χ4v) is 1.83. The highest BCUT2D eigenvalue weighted by Crippen LogP contribution is 2.24. The second-order valence-electron chi connectivity index (χ2n) is 2.80. The maximum absolute atomic E-state index is 10.8. The first-order valence-corrected chi connectivity index (χ1v) is 5.74. The van der Waals surface area contributed by atoms with E-state index >= 15 is 0 Å². The number of hydrogen-bond acceptors (Lipinski definition) is 1. The highest BCUT2D eigenvalue weighted by atomic mass is 79.9. The Morgan fingerprint density at radius 2 is 1.73 bits per heavy atom. The van der Waals surface area contributed by atoms with Gasteiger partial charge in [0.2, 0.25) is 0 Å². The molecule has 2 rings (SSSR count). The number of rotatable bonds is 1. The number of hydrogen-bond donors (Lipinski definition) is 0. The number of aldehydes is 1. The van der Waals surface area contributed by atoms with Crippen molar-refractivity contribution in [2.24, 2.45) is 0 Å². The fourth-order valence-electron chi connectivity index (χ4n) is 1.39. The van der Waals surface area contributed by atoms with Crippen molar-refractivity contribution < 1.29 is 4.79 Å². The van der Waals surface area contributed by atoms with E-state index in [4.69, 9.17) is 0 Å². The second kappa shape index (κ2) is 5.66. The molecule has 0 radical (unpaired) electrons. The Balaban J connectivity index is 0.000000531. The molecule has 2 heteroatoms. The lowest BCUT2D eigenvalue weighted by molar-refractivity contribution is 0.112. The predicted molar refractivity (Wildman–Crippen MR) is 68.4 cm³/mol. The molecule has 0 fully saturated rings. The van der Waals surface area contributed by atoms with Crippen LogP contribution < -0.4 is 0 Å². The fraction of sp³-hybridized carbons (Fsp3) is 0.154. The number of halogens is 1. The SMILES string of the molecule is CC.O=Cc1c(Br)ccc2ccccc12. The molecule has 2 aromatic carbocycles. The monoisotopic (exact) mass is 264 g/mol. The predicted octanol–water partition coefficient (Wildman–Crippen LogP) is 4.44. The van der Waals surface area contributed by atoms with Crippen LogP contribution in [0.5, 0.6) is 0 Å². The topological polar surface area (TPSA) is 17.1 Å². The molecule has 0 heterocycles. The van der Waals surface area contributed by atoms with E-state index in [1.54, 1.807) is 0 Å². The molecule has 0 unspecified atom stereocenters. The molecule has 0 atom stereocenters. The van der Waals surface area contributed by atoms with Crippen LogP contribution in [0.4, 0.5) is 0 Å². The first kappa shape index (κ1) is 11.9. The van der Waals surface area contributed by atoms with Crippen LogP contribution in [0.2, 0.25) is 0 Å². The highest BCUT2D eigenvalue weighted by Gasteiger charge is 2.02. The van der Waals surface area contributed by atoms with Gasteiger partial charge in [-0.15, -0.1) is 0 Å². The second-order valence-corrected chi connectivity index (χ2v) is 3.65. The summed E-state index contributed by atoms with van der Waals surface area (Å²) in [6, 6.07) is 11.7. The van der Waals surface area contributed by atoms with Crippen molar-refractivity contribution in [3.8, 4) is 0 Å². The van der Waals surface area contributed by atoms with Gasteiger partial charge in [-0.25, -0.2) is 0 Å². The van der Waals surface area contributed by atoms with E-state index in [-0.39, 0.29) is 0 Å². The van der Waals surface area contributed by atoms with Gasteiger partial charge in [0.25, 0.3) is 0 Å². The highest BCUT2D eigenvalue weighted by molar-refractivity contribution is 9.10. The van der Waals surface area contributed by atoms with Gasteiger partial charge < -0.3 is 0 Å². The molecular formula is C13H13BrO. The molecule has 78 valence electrons. The quantitative estimate of drug-likeness (QED) is 0.696. The minimum atomic E-state index is 0.720. The summed E-state index contributed by atoms with van der Waals surface area (Å²) in [4.78, 5) is 10.8. The lowest BCUT2D eigenvalue weighted by atomic mass is 10.1. The first-order valence-electron chi connectivity index (χ1n) is 4.95. The summed E-state index contributed by atoms with van der Waals surface area (Å²) >= 11 is 3.35. The average molecular weight is 265 g/mol. The molecule has 15 heavy (non-hydrogen) atoms. The molecule has 0 aliphatic heterocycles. The van der Waals surface area contributed by atoms with E-state index in [0.717, 1.165) is 27.1 Å². The van der Waals surface area contributed by atoms with Crippen LogP contribution in [-0.4, -0.2) is 6.29 Å². The van der Waals surface area contributed by atoms with E-state index < -0.39 is 0 Å². The zero-order valence-electron chi connectivity index (χ0n) is 8.83. The normalized spacial score (nSPS) is 9.27. The Bertz CT molecular complexity index is 463. The van der Waals surface area contributed by atoms with Gasteiger partial charge in [0.05, 0.1) is 0 Å². The summed E-state index contributed by atoms with van der Waals surface area (Å²) in [5, 5.41) is 2.08. The summed E-state index contributed by atoms with van der Waals surface area (Å²) in [5.41, 5.74) is 0.720. The number of fused-ring (bicyclic) bond motifs is 1. The van der Waals surface area contributed by atoms with E-state index in [1.807, 2.05) is 50.2 Å². The Kier molecular flexibility index (Phi) is 4.50. The molecule has 0 spiro atoms. The van der Waals surface area contributed by atoms with Crippen molar-refractivity contribution in [2.75, 3.05) is 0 Å². The van der Waals surface area contributed by atoms with Gasteiger partial charge in [-0.1, -0.05) is 60.1 Å². The Morgan fingerprint density at radius 3 is 2.40 bits per heavy atom. The molecule has 0 amide bonds. The van der Waals surface area contributed by atoms with Gasteiger partial charge in [-0.2, -0.15) is 0 Å². The standard InChI is InChI=1S/C11H7BrO.C2H6/c12-11-6-5-8-3-1-2-4-9(8)10(11)7-13;1-2/h1-7H;1-2H3. The minimum absolute atomic E-state index is 0.720. The maximum Gasteiger partial charge on any atom is 0.151 e. The third-order valence-corrected chi connectivity index (χ3v) is 2.73. The van der Waals surface area contributed by atoms with E-state index in [9.17, 15) is 4.79 Å². The summed E-state index contributed by atoms with van der Waals surface area (Å²) in [5.74, 6) is 0. The molecule has 0 saturated heterocycles. The van der Waals surface area contributed by atoms with Crippen LogP contribution in [0.3, 0.4) is 0 Å². The van der Waals surface area contributed by atoms with Gasteiger partial charge in [0.15, 0.2) is 6.29 Å². The van der Waals surface area contributed by atoms with Gasteiger partial charge >= 0.3 is 0 Å². The van der Waals surface area contributed by atoms with Crippen molar-refractivity contribution >= 4 is 33.0 Å². The van der Waals surface area contributed by atoms with Gasteiger partial charge in [0.1, 0.15) is 0 Å². The van der Waals surface area contributed by atoms with Gasteiger partial charge in [-0.3, -0.25) is 4.79 Å². The van der Waals surface area contributed by atoms with E-state index in [0.29, 0.717) is 0 Å². The average Bonchev–Trinajstić information content (AvgIpc) is 2.32. The largest absolute Gasteiger partial charge is 0.298 e. The van der Waals surface area contributed by atoms with Crippen LogP contribution >= 0.6 is 15.9 Å². The van der Waals surface area contributed by atoms with Crippen LogP contribution in [0.1, 0.15) is 24.2 Å². The maximum atomic E-state index is 10.8. The summed E-state index contributed by atoms with van der Waals surface area (Å²) in [7, 11) is 0. The molecule has 2 aromatic rings. The van der Waals surface area contributed by atoms with E-state index in [2.05, 4.69) is 15.9 Å². The van der Waals surface area contributed by atoms with Gasteiger partial charge in [-0.05, 0) is 16.8 Å². The van der Waals surface area contributed by atoms with Gasteiger partial charge in [0, 0.05) is 10.0 Å². The molecule has 0 N–H and O–H groups in total. The molecule has 0 aliphatic carbocycles.